The molecule has 200 valence electrons. The molecule has 2 aromatic rings. The van der Waals surface area contributed by atoms with Gasteiger partial charge in [-0.1, -0.05) is 58.5 Å². The van der Waals surface area contributed by atoms with E-state index in [2.05, 4.69) is 0 Å². The van der Waals surface area contributed by atoms with Gasteiger partial charge in [0, 0.05) is 23.9 Å². The fourth-order valence-electron chi connectivity index (χ4n) is 6.16. The van der Waals surface area contributed by atoms with Crippen molar-refractivity contribution < 1.29 is 10.2 Å². The van der Waals surface area contributed by atoms with E-state index < -0.39 is 11.2 Å². The molecule has 2 aliphatic rings. The first-order valence-corrected chi connectivity index (χ1v) is 14.0. The molecule has 2 saturated carbocycles. The molecule has 0 aliphatic heterocycles. The maximum absolute atomic E-state index is 10.3. The van der Waals surface area contributed by atoms with Crippen LogP contribution in [0.15, 0.2) is 36.4 Å². The predicted octanol–water partition coefficient (Wildman–Crippen LogP) is 7.03. The molecule has 0 unspecified atom stereocenters. The van der Waals surface area contributed by atoms with Crippen molar-refractivity contribution >= 4 is 46.4 Å². The second-order valence-corrected chi connectivity index (χ2v) is 12.9. The molecule has 2 aromatic carbocycles. The quantitative estimate of drug-likeness (QED) is 0.315. The van der Waals surface area contributed by atoms with Crippen LogP contribution in [-0.2, 0) is 10.8 Å². The fourth-order valence-corrected chi connectivity index (χ4v) is 6.75. The van der Waals surface area contributed by atoms with Crippen molar-refractivity contribution in [2.24, 2.45) is 11.5 Å². The predicted molar refractivity (Wildman–Crippen MR) is 153 cm³/mol. The summed E-state index contributed by atoms with van der Waals surface area (Å²) in [5.41, 5.74) is 12.5. The number of nitrogens with two attached hydrogens (primary N) is 2. The van der Waals surface area contributed by atoms with Gasteiger partial charge in [-0.15, -0.1) is 0 Å². The summed E-state index contributed by atoms with van der Waals surface area (Å²) in [4.78, 5) is 0. The van der Waals surface area contributed by atoms with Crippen LogP contribution in [-0.4, -0.2) is 34.5 Å². The van der Waals surface area contributed by atoms with E-state index in [1.807, 2.05) is 38.1 Å². The lowest BCUT2D eigenvalue weighted by atomic mass is 9.64. The minimum absolute atomic E-state index is 0.185. The summed E-state index contributed by atoms with van der Waals surface area (Å²) >= 11 is 24.1. The molecule has 0 bridgehead atoms. The van der Waals surface area contributed by atoms with Crippen LogP contribution in [0, 0.1) is 0 Å². The molecule has 4 nitrogen and oxygen atoms in total. The van der Waals surface area contributed by atoms with E-state index in [1.54, 1.807) is 12.1 Å². The lowest BCUT2D eigenvalue weighted by molar-refractivity contribution is -0.00872. The third kappa shape index (κ3) is 6.90. The average Bonchev–Trinajstić information content (AvgIpc) is 2.81. The number of hydrogen-bond donors (Lipinski definition) is 4. The van der Waals surface area contributed by atoms with Gasteiger partial charge in [-0.25, -0.2) is 0 Å². The smallest absolute Gasteiger partial charge is 0.0628 e. The molecule has 0 amide bonds. The molecule has 4 rings (SSSR count). The number of benzene rings is 2. The maximum atomic E-state index is 10.3. The summed E-state index contributed by atoms with van der Waals surface area (Å²) in [6, 6.07) is 11.3. The summed E-state index contributed by atoms with van der Waals surface area (Å²) in [5.74, 6) is 0. The Morgan fingerprint density at radius 1 is 0.639 bits per heavy atom. The lowest BCUT2D eigenvalue weighted by Crippen LogP contribution is -2.46. The molecule has 8 heteroatoms. The van der Waals surface area contributed by atoms with E-state index in [0.717, 1.165) is 49.7 Å². The van der Waals surface area contributed by atoms with E-state index in [9.17, 15) is 10.2 Å². The van der Waals surface area contributed by atoms with Crippen LogP contribution in [0.5, 0.6) is 0 Å². The second-order valence-electron chi connectivity index (χ2n) is 11.3. The van der Waals surface area contributed by atoms with E-state index in [0.29, 0.717) is 46.0 Å². The van der Waals surface area contributed by atoms with Gasteiger partial charge in [-0.05, 0) is 101 Å². The molecule has 0 radical (unpaired) electrons. The highest BCUT2D eigenvalue weighted by molar-refractivity contribution is 6.42. The van der Waals surface area contributed by atoms with Crippen molar-refractivity contribution in [3.63, 3.8) is 0 Å². The number of halogens is 4. The Labute approximate surface area is 235 Å². The van der Waals surface area contributed by atoms with Crippen molar-refractivity contribution in [1.82, 2.24) is 0 Å². The van der Waals surface area contributed by atoms with Gasteiger partial charge in [0.25, 0.3) is 0 Å². The van der Waals surface area contributed by atoms with Gasteiger partial charge in [0.1, 0.15) is 0 Å². The van der Waals surface area contributed by atoms with Crippen LogP contribution in [0.3, 0.4) is 0 Å². The summed E-state index contributed by atoms with van der Waals surface area (Å²) in [5, 5.41) is 22.8. The summed E-state index contributed by atoms with van der Waals surface area (Å²) in [6.07, 6.45) is 6.93. The van der Waals surface area contributed by atoms with Crippen LogP contribution in [0.4, 0.5) is 0 Å². The molecule has 0 saturated heterocycles. The van der Waals surface area contributed by atoms with Crippen LogP contribution >= 0.6 is 46.4 Å². The maximum Gasteiger partial charge on any atom is 0.0628 e. The Morgan fingerprint density at radius 3 is 1.28 bits per heavy atom. The van der Waals surface area contributed by atoms with Gasteiger partial charge in [0.2, 0.25) is 0 Å². The first-order chi connectivity index (χ1) is 16.8. The number of hydrogen-bond acceptors (Lipinski definition) is 4. The summed E-state index contributed by atoms with van der Waals surface area (Å²) in [6.45, 7) is 4.80. The third-order valence-corrected chi connectivity index (χ3v) is 9.50. The highest BCUT2D eigenvalue weighted by Gasteiger charge is 2.42. The van der Waals surface area contributed by atoms with Crippen molar-refractivity contribution in [1.29, 1.82) is 0 Å². The fraction of sp³-hybridized carbons (Fsp3) is 0.571. The summed E-state index contributed by atoms with van der Waals surface area (Å²) < 4.78 is 0. The first kappa shape index (κ1) is 30.0. The van der Waals surface area contributed by atoms with E-state index in [-0.39, 0.29) is 10.8 Å². The second kappa shape index (κ2) is 11.7. The van der Waals surface area contributed by atoms with Gasteiger partial charge < -0.3 is 21.7 Å². The van der Waals surface area contributed by atoms with Crippen LogP contribution in [0.1, 0.15) is 76.3 Å². The zero-order valence-electron chi connectivity index (χ0n) is 21.1. The lowest BCUT2D eigenvalue weighted by Gasteiger charge is -2.44. The highest BCUT2D eigenvalue weighted by atomic mass is 35.5. The van der Waals surface area contributed by atoms with Gasteiger partial charge >= 0.3 is 0 Å². The Morgan fingerprint density at radius 2 is 1.00 bits per heavy atom. The zero-order chi connectivity index (χ0) is 26.8. The van der Waals surface area contributed by atoms with Crippen LogP contribution in [0.2, 0.25) is 20.1 Å². The molecule has 6 N–H and O–H groups in total. The van der Waals surface area contributed by atoms with E-state index >= 15 is 0 Å². The molecule has 2 aliphatic carbocycles. The molecule has 4 atom stereocenters. The molecular formula is C28H38Cl4N2O2. The number of rotatable bonds is 4. The van der Waals surface area contributed by atoms with Crippen molar-refractivity contribution in [2.75, 3.05) is 13.1 Å². The average molecular weight is 576 g/mol. The minimum Gasteiger partial charge on any atom is -0.390 e. The van der Waals surface area contributed by atoms with Gasteiger partial charge in [0.15, 0.2) is 0 Å². The van der Waals surface area contributed by atoms with Crippen LogP contribution in [0.25, 0.3) is 0 Å². The molecule has 2 fully saturated rings. The van der Waals surface area contributed by atoms with Crippen molar-refractivity contribution in [2.45, 2.75) is 87.2 Å². The normalized spacial score (nSPS) is 32.5. The molecule has 0 heterocycles. The minimum atomic E-state index is -0.649. The molecule has 0 spiro atoms. The Bertz CT molecular complexity index is 978. The Hall–Kier alpha value is -0.560. The summed E-state index contributed by atoms with van der Waals surface area (Å²) in [7, 11) is 0. The van der Waals surface area contributed by atoms with Crippen molar-refractivity contribution in [3.05, 3.63) is 67.6 Å². The SMILES string of the molecule is C[C@@]1(O)CCC[C@@](CN)(c2ccc(Cl)c(Cl)c2)C1.C[C@]1(O)CCC[C@@](CN)(c2ccc(Cl)c(Cl)c2)C1. The first-order valence-electron chi connectivity index (χ1n) is 12.5. The topological polar surface area (TPSA) is 92.5 Å². The molecule has 36 heavy (non-hydrogen) atoms. The van der Waals surface area contributed by atoms with Crippen LogP contribution < -0.4 is 11.5 Å². The standard InChI is InChI=1S/2C14H19Cl2NO/c2*1-13(18)5-2-6-14(8-13,9-17)10-3-4-11(15)12(16)7-10/h2*3-4,7,18H,2,5-6,8-9,17H2,1H3/t13-,14+;13-,14-/m01/s1. The van der Waals surface area contributed by atoms with Crippen molar-refractivity contribution in [3.8, 4) is 0 Å². The zero-order valence-corrected chi connectivity index (χ0v) is 24.1. The largest absolute Gasteiger partial charge is 0.390 e. The Balaban J connectivity index is 0.000000201. The highest BCUT2D eigenvalue weighted by Crippen LogP contribution is 2.45. The van der Waals surface area contributed by atoms with E-state index in [1.165, 1.54) is 0 Å². The number of aliphatic hydroxyl groups is 2. The third-order valence-electron chi connectivity index (χ3n) is 8.03. The molecular weight excluding hydrogens is 538 g/mol. The monoisotopic (exact) mass is 574 g/mol. The Kier molecular flexibility index (Phi) is 9.72. The van der Waals surface area contributed by atoms with Gasteiger partial charge in [-0.2, -0.15) is 0 Å². The molecule has 0 aromatic heterocycles. The van der Waals surface area contributed by atoms with Gasteiger partial charge in [-0.3, -0.25) is 0 Å². The van der Waals surface area contributed by atoms with Gasteiger partial charge in [0.05, 0.1) is 31.3 Å². The van der Waals surface area contributed by atoms with E-state index in [4.69, 9.17) is 57.9 Å².